The van der Waals surface area contributed by atoms with E-state index < -0.39 is 0 Å². The number of thiophene rings is 1. The molecule has 0 saturated carbocycles. The van der Waals surface area contributed by atoms with E-state index in [4.69, 9.17) is 0 Å². The first-order chi connectivity index (χ1) is 34.9. The molecule has 0 aliphatic carbocycles. The van der Waals surface area contributed by atoms with Gasteiger partial charge in [-0.3, -0.25) is 0 Å². The monoisotopic (exact) mass is 922 g/mol. The Hall–Kier alpha value is -8.62. The van der Waals surface area contributed by atoms with Crippen molar-refractivity contribution in [2.75, 3.05) is 0 Å². The molecule has 0 atom stereocenters. The van der Waals surface area contributed by atoms with Crippen LogP contribution in [-0.2, 0) is 0 Å². The first-order valence-corrected chi connectivity index (χ1v) is 25.2. The van der Waals surface area contributed by atoms with Crippen molar-refractivity contribution in [3.8, 4) is 54.9 Å². The van der Waals surface area contributed by atoms with Crippen LogP contribution in [0.5, 0.6) is 0 Å². The molecule has 336 valence electrons. The summed E-state index contributed by atoms with van der Waals surface area (Å²) in [6.45, 7) is 12.1. The number of hydrogen-bond donors (Lipinski definition) is 0. The topological polar surface area (TPSA) is 0 Å². The fraction of sp³-hybridized carbons (Fsp3) is 0.0286. The molecule has 0 nitrogen and oxygen atoms in total. The van der Waals surface area contributed by atoms with Crippen molar-refractivity contribution in [3.63, 3.8) is 0 Å². The first kappa shape index (κ1) is 43.6. The van der Waals surface area contributed by atoms with Gasteiger partial charge in [0, 0.05) is 9.75 Å². The fourth-order valence-corrected chi connectivity index (χ4v) is 11.8. The van der Waals surface area contributed by atoms with Crippen LogP contribution in [0.1, 0.15) is 18.7 Å². The predicted octanol–water partition coefficient (Wildman–Crippen LogP) is 20.7. The molecule has 0 unspecified atom stereocenters. The zero-order chi connectivity index (χ0) is 48.0. The van der Waals surface area contributed by atoms with Crippen LogP contribution in [0.25, 0.3) is 125 Å². The molecular weight excluding hydrogens is 873 g/mol. The van der Waals surface area contributed by atoms with Crippen molar-refractivity contribution in [2.45, 2.75) is 13.8 Å². The second-order valence-electron chi connectivity index (χ2n) is 18.5. The van der Waals surface area contributed by atoms with Gasteiger partial charge in [-0.2, -0.15) is 0 Å². The Kier molecular flexibility index (Phi) is 11.3. The second-order valence-corrected chi connectivity index (χ2v) is 19.6. The lowest BCUT2D eigenvalue weighted by Gasteiger charge is -2.21. The molecule has 1 heterocycles. The summed E-state index contributed by atoms with van der Waals surface area (Å²) >= 11 is 1.83. The van der Waals surface area contributed by atoms with Crippen LogP contribution >= 0.6 is 11.3 Å². The van der Waals surface area contributed by atoms with Crippen LogP contribution < -0.4 is 0 Å². The summed E-state index contributed by atoms with van der Waals surface area (Å²) < 4.78 is 0. The number of benzene rings is 11. The van der Waals surface area contributed by atoms with E-state index in [1.165, 1.54) is 130 Å². The highest BCUT2D eigenvalue weighted by Gasteiger charge is 2.21. The van der Waals surface area contributed by atoms with Crippen LogP contribution in [0.2, 0.25) is 0 Å². The van der Waals surface area contributed by atoms with E-state index in [1.54, 1.807) is 0 Å². The van der Waals surface area contributed by atoms with Crippen molar-refractivity contribution in [1.82, 2.24) is 0 Å². The van der Waals surface area contributed by atoms with Gasteiger partial charge in [-0.15, -0.1) is 11.3 Å². The van der Waals surface area contributed by atoms with Gasteiger partial charge >= 0.3 is 0 Å². The van der Waals surface area contributed by atoms with E-state index in [0.29, 0.717) is 0 Å². The maximum atomic E-state index is 3.98. The predicted molar refractivity (Wildman–Crippen MR) is 312 cm³/mol. The van der Waals surface area contributed by atoms with E-state index in [2.05, 4.69) is 251 Å². The normalized spacial score (nSPS) is 12.5. The zero-order valence-electron chi connectivity index (χ0n) is 39.9. The fourth-order valence-electron chi connectivity index (χ4n) is 10.8. The van der Waals surface area contributed by atoms with Gasteiger partial charge in [0.05, 0.1) is 0 Å². The van der Waals surface area contributed by atoms with Crippen LogP contribution in [0, 0.1) is 0 Å². The highest BCUT2D eigenvalue weighted by atomic mass is 32.1. The third-order valence-electron chi connectivity index (χ3n) is 14.3. The van der Waals surface area contributed by atoms with Gasteiger partial charge in [0.25, 0.3) is 0 Å². The van der Waals surface area contributed by atoms with Crippen molar-refractivity contribution in [3.05, 3.63) is 272 Å². The maximum Gasteiger partial charge on any atom is 0.0349 e. The summed E-state index contributed by atoms with van der Waals surface area (Å²) in [5.41, 5.74) is 14.5. The van der Waals surface area contributed by atoms with Gasteiger partial charge in [-0.05, 0) is 182 Å². The molecule has 0 bridgehead atoms. The van der Waals surface area contributed by atoms with Crippen LogP contribution in [-0.4, -0.2) is 0 Å². The molecular formula is C70H50S. The highest BCUT2D eigenvalue weighted by Crippen LogP contribution is 2.49. The Bertz CT molecular complexity index is 4170. The molecule has 1 aromatic heterocycles. The summed E-state index contributed by atoms with van der Waals surface area (Å²) in [6.07, 6.45) is 10.0. The summed E-state index contributed by atoms with van der Waals surface area (Å²) in [6, 6.07) is 79.3. The Balaban J connectivity index is 1.05. The molecule has 11 aromatic carbocycles. The number of fused-ring (bicyclic) bond motifs is 6. The Morgan fingerprint density at radius 3 is 1.31 bits per heavy atom. The third-order valence-corrected chi connectivity index (χ3v) is 15.6. The molecule has 0 spiro atoms. The highest BCUT2D eigenvalue weighted by molar-refractivity contribution is 7.16. The minimum absolute atomic E-state index is 1.07. The second kappa shape index (κ2) is 18.4. The number of allylic oxidation sites excluding steroid dienone is 8. The summed E-state index contributed by atoms with van der Waals surface area (Å²) in [5, 5.41) is 14.9. The zero-order valence-corrected chi connectivity index (χ0v) is 40.7. The van der Waals surface area contributed by atoms with Crippen LogP contribution in [0.3, 0.4) is 0 Å². The van der Waals surface area contributed by atoms with Crippen LogP contribution in [0.4, 0.5) is 0 Å². The third kappa shape index (κ3) is 7.82. The minimum Gasteiger partial charge on any atom is -0.136 e. The molecule has 0 saturated heterocycles. The largest absolute Gasteiger partial charge is 0.136 e. The molecule has 0 N–H and O–H groups in total. The maximum absolute atomic E-state index is 3.98. The van der Waals surface area contributed by atoms with Gasteiger partial charge in [0.1, 0.15) is 0 Å². The van der Waals surface area contributed by atoms with E-state index in [1.807, 2.05) is 29.6 Å². The van der Waals surface area contributed by atoms with Gasteiger partial charge in [-0.25, -0.2) is 0 Å². The number of hydrogen-bond acceptors (Lipinski definition) is 1. The molecule has 12 rings (SSSR count). The lowest BCUT2D eigenvalue weighted by Crippen LogP contribution is -1.94. The van der Waals surface area contributed by atoms with Gasteiger partial charge in [-0.1, -0.05) is 219 Å². The Morgan fingerprint density at radius 2 is 0.789 bits per heavy atom. The smallest absolute Gasteiger partial charge is 0.0349 e. The summed E-state index contributed by atoms with van der Waals surface area (Å²) in [5.74, 6) is 0. The minimum atomic E-state index is 1.07. The molecule has 0 aliphatic rings. The Morgan fingerprint density at radius 1 is 0.352 bits per heavy atom. The van der Waals surface area contributed by atoms with Gasteiger partial charge < -0.3 is 0 Å². The van der Waals surface area contributed by atoms with Crippen molar-refractivity contribution in [2.24, 2.45) is 0 Å². The van der Waals surface area contributed by atoms with E-state index in [-0.39, 0.29) is 0 Å². The molecule has 71 heavy (non-hydrogen) atoms. The lowest BCUT2D eigenvalue weighted by molar-refractivity contribution is 1.43. The lowest BCUT2D eigenvalue weighted by atomic mass is 9.82. The molecule has 12 aromatic rings. The average Bonchev–Trinajstić information content (AvgIpc) is 3.93. The molecule has 1 heteroatoms. The van der Waals surface area contributed by atoms with E-state index in [9.17, 15) is 0 Å². The quantitative estimate of drug-likeness (QED) is 0.0947. The Labute approximate surface area is 419 Å². The van der Waals surface area contributed by atoms with Crippen molar-refractivity contribution < 1.29 is 0 Å². The molecule has 0 aliphatic heterocycles. The number of rotatable bonds is 10. The first-order valence-electron chi connectivity index (χ1n) is 24.4. The van der Waals surface area contributed by atoms with Crippen molar-refractivity contribution in [1.29, 1.82) is 0 Å². The van der Waals surface area contributed by atoms with Crippen LogP contribution in [0.15, 0.2) is 267 Å². The summed E-state index contributed by atoms with van der Waals surface area (Å²) in [7, 11) is 0. The average molecular weight is 923 g/mol. The molecule has 0 radical (unpaired) electrons. The van der Waals surface area contributed by atoms with Gasteiger partial charge in [0.2, 0.25) is 0 Å². The SMILES string of the molecule is C=C/C=C(C=C)/C(C)=C/C=C(\C)c1ccc(-c2cccc(-c3c4ccccc4c(-c4ccc5c(-c6ccc7ccccc7c6)c6ccccc6c(-c6ccc7ccccc7c6)c5c4)c4ccccc34)c2)s1. The molecule has 0 amide bonds. The molecule has 0 fully saturated rings. The van der Waals surface area contributed by atoms with Gasteiger partial charge in [0.15, 0.2) is 0 Å². The van der Waals surface area contributed by atoms with E-state index >= 15 is 0 Å². The van der Waals surface area contributed by atoms with E-state index in [0.717, 1.165) is 11.1 Å². The van der Waals surface area contributed by atoms with Crippen molar-refractivity contribution >= 4 is 81.5 Å². The summed E-state index contributed by atoms with van der Waals surface area (Å²) in [4.78, 5) is 2.49. The standard InChI is InChI=1S/C70H50S/c1-5-18-47(6-2)45(3)31-32-46(4)65-39-40-66(71-65)52-23-17-24-53(43-52)67-57-25-11-13-27-59(57)69(60-28-14-12-26-58(60)67)56-37-38-63-64(44-56)70(55-36-34-49-20-8-10-22-51(49)42-55)62-30-16-15-29-61(62)68(63)54-35-33-48-19-7-9-21-50(48)41-54/h5-44H,1-2H2,3-4H3/b45-31+,46-32+,47-18+.